The number of hydrogen-bond donors (Lipinski definition) is 5. The number of phenolic OH excluding ortho intramolecular Hbond substituents is 3. The molecule has 0 saturated carbocycles. The Labute approximate surface area is 164 Å². The molecule has 0 bridgehead atoms. The van der Waals surface area contributed by atoms with Crippen LogP contribution in [0.15, 0.2) is 45.6 Å². The molecule has 152 valence electrons. The molecule has 0 spiro atoms. The van der Waals surface area contributed by atoms with Gasteiger partial charge in [-0.25, -0.2) is 0 Å². The van der Waals surface area contributed by atoms with E-state index < -0.39 is 35.6 Å². The van der Waals surface area contributed by atoms with Crippen LogP contribution in [-0.2, 0) is 4.74 Å². The Bertz CT molecular complexity index is 1110. The molecule has 1 fully saturated rings. The Kier molecular flexibility index (Phi) is 4.70. The standard InChI is InChI=1S/C21H20O8/c1-9-20(26)14(25)8-16(28-9)18-13(24)7-17-19(21(18)27)12(23)6-15(29-17)10-2-4-11(22)5-3-10/h2-7,9,14,16,20,22,24-27H,8H2,1H3. The molecule has 29 heavy (non-hydrogen) atoms. The molecule has 3 aromatic rings. The Morgan fingerprint density at radius 1 is 1.03 bits per heavy atom. The molecule has 2 heterocycles. The van der Waals surface area contributed by atoms with Crippen molar-refractivity contribution >= 4 is 11.0 Å². The van der Waals surface area contributed by atoms with Crippen LogP contribution in [0.3, 0.4) is 0 Å². The van der Waals surface area contributed by atoms with Crippen LogP contribution in [0.4, 0.5) is 0 Å². The summed E-state index contributed by atoms with van der Waals surface area (Å²) in [4.78, 5) is 12.7. The van der Waals surface area contributed by atoms with Gasteiger partial charge in [0.05, 0.1) is 23.9 Å². The maximum atomic E-state index is 12.7. The number of benzene rings is 2. The number of aliphatic hydroxyl groups excluding tert-OH is 2. The SMILES string of the molecule is CC1OC(c2c(O)cc3oc(-c4ccc(O)cc4)cc(=O)c3c2O)CC(O)C1O. The third-order valence-corrected chi connectivity index (χ3v) is 5.19. The van der Waals surface area contributed by atoms with Crippen molar-refractivity contribution in [2.75, 3.05) is 0 Å². The van der Waals surface area contributed by atoms with Gasteiger partial charge in [-0.2, -0.15) is 0 Å². The fourth-order valence-electron chi connectivity index (χ4n) is 3.64. The molecule has 4 rings (SSSR count). The van der Waals surface area contributed by atoms with Gasteiger partial charge in [-0.05, 0) is 31.2 Å². The van der Waals surface area contributed by atoms with E-state index in [0.29, 0.717) is 5.56 Å². The van der Waals surface area contributed by atoms with E-state index in [2.05, 4.69) is 0 Å². The van der Waals surface area contributed by atoms with E-state index in [4.69, 9.17) is 9.15 Å². The second kappa shape index (κ2) is 7.07. The van der Waals surface area contributed by atoms with Gasteiger partial charge < -0.3 is 34.7 Å². The summed E-state index contributed by atoms with van der Waals surface area (Å²) in [5.74, 6) is -0.588. The highest BCUT2D eigenvalue weighted by molar-refractivity contribution is 5.88. The highest BCUT2D eigenvalue weighted by Gasteiger charge is 2.37. The monoisotopic (exact) mass is 400 g/mol. The molecule has 4 unspecified atom stereocenters. The zero-order valence-corrected chi connectivity index (χ0v) is 15.4. The zero-order chi connectivity index (χ0) is 20.9. The van der Waals surface area contributed by atoms with E-state index in [1.165, 1.54) is 24.3 Å². The number of fused-ring (bicyclic) bond motifs is 1. The Morgan fingerprint density at radius 3 is 2.38 bits per heavy atom. The lowest BCUT2D eigenvalue weighted by Crippen LogP contribution is -2.43. The van der Waals surface area contributed by atoms with Crippen molar-refractivity contribution in [1.82, 2.24) is 0 Å². The topological polar surface area (TPSA) is 141 Å². The van der Waals surface area contributed by atoms with Gasteiger partial charge in [0.2, 0.25) is 0 Å². The molecule has 2 aromatic carbocycles. The molecular weight excluding hydrogens is 380 g/mol. The summed E-state index contributed by atoms with van der Waals surface area (Å²) in [6.07, 6.45) is -3.90. The predicted molar refractivity (Wildman–Crippen MR) is 103 cm³/mol. The lowest BCUT2D eigenvalue weighted by molar-refractivity contribution is -0.164. The summed E-state index contributed by atoms with van der Waals surface area (Å²) >= 11 is 0. The molecule has 5 N–H and O–H groups in total. The van der Waals surface area contributed by atoms with Crippen molar-refractivity contribution in [2.24, 2.45) is 0 Å². The van der Waals surface area contributed by atoms with Crippen molar-refractivity contribution in [1.29, 1.82) is 0 Å². The van der Waals surface area contributed by atoms with Gasteiger partial charge >= 0.3 is 0 Å². The number of aliphatic hydroxyl groups is 2. The first kappa shape index (κ1) is 19.3. The molecule has 1 aliphatic heterocycles. The van der Waals surface area contributed by atoms with Gasteiger partial charge in [0.25, 0.3) is 0 Å². The second-order valence-corrected chi connectivity index (χ2v) is 7.18. The minimum atomic E-state index is -1.11. The summed E-state index contributed by atoms with van der Waals surface area (Å²) in [5, 5.41) is 50.4. The molecule has 8 nitrogen and oxygen atoms in total. The van der Waals surface area contributed by atoms with E-state index >= 15 is 0 Å². The lowest BCUT2D eigenvalue weighted by Gasteiger charge is -2.36. The van der Waals surface area contributed by atoms with Crippen molar-refractivity contribution in [3.05, 3.63) is 52.2 Å². The number of aromatic hydroxyl groups is 3. The Hall–Kier alpha value is -3.07. The fraction of sp³-hybridized carbons (Fsp3) is 0.286. The maximum Gasteiger partial charge on any atom is 0.197 e. The molecule has 4 atom stereocenters. The van der Waals surface area contributed by atoms with Crippen LogP contribution in [0.5, 0.6) is 17.2 Å². The van der Waals surface area contributed by atoms with E-state index in [1.54, 1.807) is 19.1 Å². The number of phenols is 3. The van der Waals surface area contributed by atoms with E-state index in [9.17, 15) is 30.3 Å². The van der Waals surface area contributed by atoms with Gasteiger partial charge in [0.15, 0.2) is 5.43 Å². The van der Waals surface area contributed by atoms with Gasteiger partial charge in [0, 0.05) is 24.1 Å². The first-order chi connectivity index (χ1) is 13.8. The van der Waals surface area contributed by atoms with Crippen molar-refractivity contribution in [3.63, 3.8) is 0 Å². The zero-order valence-electron chi connectivity index (χ0n) is 15.4. The largest absolute Gasteiger partial charge is 0.508 e. The Balaban J connectivity index is 1.84. The molecule has 8 heteroatoms. The first-order valence-corrected chi connectivity index (χ1v) is 9.10. The van der Waals surface area contributed by atoms with Crippen molar-refractivity contribution in [3.8, 4) is 28.6 Å². The number of rotatable bonds is 2. The molecule has 1 aliphatic rings. The summed E-state index contributed by atoms with van der Waals surface area (Å²) in [7, 11) is 0. The second-order valence-electron chi connectivity index (χ2n) is 7.18. The minimum Gasteiger partial charge on any atom is -0.508 e. The van der Waals surface area contributed by atoms with Crippen LogP contribution in [0.2, 0.25) is 0 Å². The average Bonchev–Trinajstić information content (AvgIpc) is 2.65. The predicted octanol–water partition coefficient (Wildman–Crippen LogP) is 2.15. The van der Waals surface area contributed by atoms with Crippen LogP contribution in [0.1, 0.15) is 25.0 Å². The van der Waals surface area contributed by atoms with Gasteiger partial charge in [-0.3, -0.25) is 4.79 Å². The minimum absolute atomic E-state index is 0.0243. The Morgan fingerprint density at radius 2 is 1.72 bits per heavy atom. The van der Waals surface area contributed by atoms with Crippen LogP contribution < -0.4 is 5.43 Å². The van der Waals surface area contributed by atoms with Gasteiger partial charge in [-0.1, -0.05) is 0 Å². The van der Waals surface area contributed by atoms with Crippen molar-refractivity contribution in [2.45, 2.75) is 37.8 Å². The lowest BCUT2D eigenvalue weighted by atomic mass is 9.92. The molecule has 0 amide bonds. The number of ether oxygens (including phenoxy) is 1. The van der Waals surface area contributed by atoms with E-state index in [1.807, 2.05) is 0 Å². The van der Waals surface area contributed by atoms with Gasteiger partial charge in [0.1, 0.15) is 40.1 Å². The summed E-state index contributed by atoms with van der Waals surface area (Å²) < 4.78 is 11.3. The van der Waals surface area contributed by atoms with Crippen LogP contribution in [0, 0.1) is 0 Å². The smallest absolute Gasteiger partial charge is 0.197 e. The highest BCUT2D eigenvalue weighted by atomic mass is 16.5. The van der Waals surface area contributed by atoms with Crippen LogP contribution in [-0.4, -0.2) is 43.8 Å². The maximum absolute atomic E-state index is 12.7. The average molecular weight is 400 g/mol. The van der Waals surface area contributed by atoms with E-state index in [0.717, 1.165) is 0 Å². The third-order valence-electron chi connectivity index (χ3n) is 5.19. The van der Waals surface area contributed by atoms with Gasteiger partial charge in [-0.15, -0.1) is 0 Å². The summed E-state index contributed by atoms with van der Waals surface area (Å²) in [6, 6.07) is 8.44. The quantitative estimate of drug-likeness (QED) is 0.441. The molecule has 0 aliphatic carbocycles. The first-order valence-electron chi connectivity index (χ1n) is 9.10. The van der Waals surface area contributed by atoms with Crippen LogP contribution in [0.25, 0.3) is 22.3 Å². The molecular formula is C21H20O8. The molecule has 1 aromatic heterocycles. The molecule has 0 radical (unpaired) electrons. The normalized spacial score (nSPS) is 24.7. The number of hydrogen-bond acceptors (Lipinski definition) is 8. The summed E-state index contributed by atoms with van der Waals surface area (Å²) in [5.41, 5.74) is -0.0623. The summed E-state index contributed by atoms with van der Waals surface area (Å²) in [6.45, 7) is 1.56. The fourth-order valence-corrected chi connectivity index (χ4v) is 3.64. The van der Waals surface area contributed by atoms with Crippen LogP contribution >= 0.6 is 0 Å². The van der Waals surface area contributed by atoms with E-state index in [-0.39, 0.29) is 40.2 Å². The van der Waals surface area contributed by atoms with Crippen molar-refractivity contribution < 1.29 is 34.7 Å². The third kappa shape index (κ3) is 3.31. The highest BCUT2D eigenvalue weighted by Crippen LogP contribution is 2.44. The molecule has 1 saturated heterocycles.